The average molecular weight is 394 g/mol. The summed E-state index contributed by atoms with van der Waals surface area (Å²) in [5.41, 5.74) is 0.847. The minimum Gasteiger partial charge on any atom is -0.493 e. The highest BCUT2D eigenvalue weighted by Crippen LogP contribution is 2.29. The van der Waals surface area contributed by atoms with Crippen LogP contribution in [0.1, 0.15) is 31.7 Å². The molecule has 1 aromatic carbocycles. The molecule has 0 atom stereocenters. The first kappa shape index (κ1) is 20.3. The monoisotopic (exact) mass is 393 g/mol. The van der Waals surface area contributed by atoms with Gasteiger partial charge in [0.1, 0.15) is 0 Å². The second-order valence-corrected chi connectivity index (χ2v) is 7.40. The van der Waals surface area contributed by atoms with Gasteiger partial charge in [-0.25, -0.2) is 0 Å². The zero-order chi connectivity index (χ0) is 18.8. The molecule has 8 heteroatoms. The molecule has 0 spiro atoms. The standard InChI is InChI=1S/C18H23N3O3S2/c1-4-5-6-11-24-14-9-7-13(12-15(14)23-2)8-10-16(22)19-17-20-21-18(25-3)26-17/h7-10,12H,4-6,11H2,1-3H3,(H,19,20,22)/b10-8+. The molecule has 1 heterocycles. The van der Waals surface area contributed by atoms with Crippen LogP contribution in [0.5, 0.6) is 11.5 Å². The fraction of sp³-hybridized carbons (Fsp3) is 0.389. The second kappa shape index (κ2) is 10.8. The summed E-state index contributed by atoms with van der Waals surface area (Å²) in [4.78, 5) is 12.0. The summed E-state index contributed by atoms with van der Waals surface area (Å²) in [6, 6.07) is 5.59. The van der Waals surface area contributed by atoms with Gasteiger partial charge in [-0.3, -0.25) is 10.1 Å². The lowest BCUT2D eigenvalue weighted by Crippen LogP contribution is -2.07. The minimum atomic E-state index is -0.257. The molecule has 2 aromatic rings. The molecular weight excluding hydrogens is 370 g/mol. The number of rotatable bonds is 10. The number of methoxy groups -OCH3 is 1. The van der Waals surface area contributed by atoms with Crippen LogP contribution in [-0.2, 0) is 4.79 Å². The molecule has 0 aliphatic heterocycles. The molecule has 0 aliphatic carbocycles. The topological polar surface area (TPSA) is 73.3 Å². The minimum absolute atomic E-state index is 0.257. The predicted octanol–water partition coefficient (Wildman–Crippen LogP) is 4.49. The van der Waals surface area contributed by atoms with Gasteiger partial charge in [-0.2, -0.15) is 0 Å². The van der Waals surface area contributed by atoms with Crippen molar-refractivity contribution in [2.24, 2.45) is 0 Å². The fourth-order valence-corrected chi connectivity index (χ4v) is 3.28. The van der Waals surface area contributed by atoms with Gasteiger partial charge in [-0.1, -0.05) is 48.9 Å². The van der Waals surface area contributed by atoms with E-state index < -0.39 is 0 Å². The van der Waals surface area contributed by atoms with Gasteiger partial charge in [0.25, 0.3) is 0 Å². The SMILES string of the molecule is CCCCCOc1ccc(/C=C/C(=O)Nc2nnc(SC)s2)cc1OC. The Hall–Kier alpha value is -2.06. The van der Waals surface area contributed by atoms with Crippen molar-refractivity contribution < 1.29 is 14.3 Å². The molecule has 26 heavy (non-hydrogen) atoms. The number of aromatic nitrogens is 2. The van der Waals surface area contributed by atoms with Crippen LogP contribution in [-0.4, -0.2) is 36.1 Å². The van der Waals surface area contributed by atoms with Crippen LogP contribution in [0.2, 0.25) is 0 Å². The van der Waals surface area contributed by atoms with Crippen LogP contribution in [0.3, 0.4) is 0 Å². The Labute approximate surface area is 162 Å². The lowest BCUT2D eigenvalue weighted by Gasteiger charge is -2.11. The molecule has 0 unspecified atom stereocenters. The van der Waals surface area contributed by atoms with E-state index in [-0.39, 0.29) is 5.91 Å². The number of unbranched alkanes of at least 4 members (excludes halogenated alkanes) is 2. The van der Waals surface area contributed by atoms with Crippen LogP contribution in [0, 0.1) is 0 Å². The number of anilines is 1. The van der Waals surface area contributed by atoms with Crippen molar-refractivity contribution in [3.63, 3.8) is 0 Å². The number of hydrogen-bond acceptors (Lipinski definition) is 7. The lowest BCUT2D eigenvalue weighted by molar-refractivity contribution is -0.111. The van der Waals surface area contributed by atoms with Crippen molar-refractivity contribution >= 4 is 40.2 Å². The van der Waals surface area contributed by atoms with Crippen molar-refractivity contribution in [3.05, 3.63) is 29.8 Å². The zero-order valence-corrected chi connectivity index (χ0v) is 16.8. The van der Waals surface area contributed by atoms with E-state index in [1.807, 2.05) is 24.5 Å². The van der Waals surface area contributed by atoms with E-state index in [2.05, 4.69) is 22.4 Å². The van der Waals surface area contributed by atoms with E-state index in [0.29, 0.717) is 23.2 Å². The smallest absolute Gasteiger partial charge is 0.250 e. The third-order valence-electron chi connectivity index (χ3n) is 3.43. The Morgan fingerprint density at radius 2 is 2.15 bits per heavy atom. The summed E-state index contributed by atoms with van der Waals surface area (Å²) < 4.78 is 11.9. The van der Waals surface area contributed by atoms with Gasteiger partial charge >= 0.3 is 0 Å². The molecule has 140 valence electrons. The molecule has 6 nitrogen and oxygen atoms in total. The zero-order valence-electron chi connectivity index (χ0n) is 15.2. The van der Waals surface area contributed by atoms with E-state index in [0.717, 1.165) is 29.2 Å². The molecule has 0 saturated heterocycles. The largest absolute Gasteiger partial charge is 0.493 e. The fourth-order valence-electron chi connectivity index (χ4n) is 2.10. The average Bonchev–Trinajstić information content (AvgIpc) is 3.11. The predicted molar refractivity (Wildman–Crippen MR) is 107 cm³/mol. The Balaban J connectivity index is 1.95. The van der Waals surface area contributed by atoms with E-state index in [1.54, 1.807) is 13.2 Å². The molecule has 1 amide bonds. The summed E-state index contributed by atoms with van der Waals surface area (Å²) in [5, 5.41) is 11.0. The first-order valence-electron chi connectivity index (χ1n) is 8.33. The maximum atomic E-state index is 12.0. The first-order valence-corrected chi connectivity index (χ1v) is 10.4. The number of ether oxygens (including phenoxy) is 2. The van der Waals surface area contributed by atoms with Crippen molar-refractivity contribution in [3.8, 4) is 11.5 Å². The van der Waals surface area contributed by atoms with Gasteiger partial charge in [0, 0.05) is 6.08 Å². The molecule has 0 bridgehead atoms. The van der Waals surface area contributed by atoms with Crippen LogP contribution in [0.15, 0.2) is 28.6 Å². The van der Waals surface area contributed by atoms with E-state index >= 15 is 0 Å². The van der Waals surface area contributed by atoms with Crippen molar-refractivity contribution in [1.29, 1.82) is 0 Å². The number of nitrogens with zero attached hydrogens (tertiary/aromatic N) is 2. The summed E-state index contributed by atoms with van der Waals surface area (Å²) in [7, 11) is 1.60. The highest BCUT2D eigenvalue weighted by molar-refractivity contribution is 8.00. The summed E-state index contributed by atoms with van der Waals surface area (Å²) in [5.74, 6) is 1.11. The molecule has 1 aromatic heterocycles. The summed E-state index contributed by atoms with van der Waals surface area (Å²) in [6.45, 7) is 2.83. The van der Waals surface area contributed by atoms with Gasteiger partial charge < -0.3 is 9.47 Å². The number of carbonyl (C=O) groups is 1. The summed E-state index contributed by atoms with van der Waals surface area (Å²) in [6.07, 6.45) is 8.40. The Morgan fingerprint density at radius 3 is 2.85 bits per heavy atom. The van der Waals surface area contributed by atoms with E-state index in [4.69, 9.17) is 9.47 Å². The van der Waals surface area contributed by atoms with Crippen molar-refractivity contribution in [2.75, 3.05) is 25.3 Å². The number of benzene rings is 1. The first-order chi connectivity index (χ1) is 12.7. The third-order valence-corrected chi connectivity index (χ3v) is 5.25. The number of thioether (sulfide) groups is 1. The Morgan fingerprint density at radius 1 is 1.31 bits per heavy atom. The third kappa shape index (κ3) is 6.34. The Kier molecular flexibility index (Phi) is 8.43. The molecule has 2 rings (SSSR count). The van der Waals surface area contributed by atoms with Gasteiger partial charge in [0.2, 0.25) is 11.0 Å². The number of amides is 1. The lowest BCUT2D eigenvalue weighted by atomic mass is 10.2. The van der Waals surface area contributed by atoms with Crippen LogP contribution in [0.25, 0.3) is 6.08 Å². The van der Waals surface area contributed by atoms with Crippen LogP contribution < -0.4 is 14.8 Å². The highest BCUT2D eigenvalue weighted by atomic mass is 32.2. The normalized spacial score (nSPS) is 10.9. The molecule has 1 N–H and O–H groups in total. The van der Waals surface area contributed by atoms with Gasteiger partial charge in [0.05, 0.1) is 13.7 Å². The molecule has 0 fully saturated rings. The molecule has 0 saturated carbocycles. The van der Waals surface area contributed by atoms with Crippen LogP contribution in [0.4, 0.5) is 5.13 Å². The van der Waals surface area contributed by atoms with Gasteiger partial charge in [-0.15, -0.1) is 10.2 Å². The summed E-state index contributed by atoms with van der Waals surface area (Å²) >= 11 is 2.83. The van der Waals surface area contributed by atoms with E-state index in [9.17, 15) is 4.79 Å². The van der Waals surface area contributed by atoms with Crippen molar-refractivity contribution in [2.45, 2.75) is 30.5 Å². The maximum Gasteiger partial charge on any atom is 0.250 e. The quantitative estimate of drug-likeness (QED) is 0.277. The van der Waals surface area contributed by atoms with Gasteiger partial charge in [-0.05, 0) is 36.4 Å². The highest BCUT2D eigenvalue weighted by Gasteiger charge is 2.07. The molecule has 0 aliphatic rings. The Bertz CT molecular complexity index is 747. The number of carbonyl (C=O) groups excluding carboxylic acids is 1. The second-order valence-electron chi connectivity index (χ2n) is 5.37. The van der Waals surface area contributed by atoms with Crippen molar-refractivity contribution in [1.82, 2.24) is 10.2 Å². The maximum absolute atomic E-state index is 12.0. The number of hydrogen-bond donors (Lipinski definition) is 1. The van der Waals surface area contributed by atoms with Gasteiger partial charge in [0.15, 0.2) is 15.8 Å². The van der Waals surface area contributed by atoms with Crippen LogP contribution >= 0.6 is 23.1 Å². The molecular formula is C18H23N3O3S2. The molecule has 0 radical (unpaired) electrons. The number of nitrogens with one attached hydrogen (secondary N) is 1. The van der Waals surface area contributed by atoms with E-state index in [1.165, 1.54) is 29.2 Å².